The number of hydrogen-bond acceptors (Lipinski definition) is 2. The zero-order chi connectivity index (χ0) is 14.4. The van der Waals surface area contributed by atoms with Gasteiger partial charge in [0.2, 0.25) is 5.91 Å². The molecule has 1 aliphatic rings. The topological polar surface area (TPSA) is 32.3 Å². The molecule has 1 aliphatic heterocycles. The summed E-state index contributed by atoms with van der Waals surface area (Å²) in [5.41, 5.74) is 1.38. The van der Waals surface area contributed by atoms with Crippen LogP contribution in [0.4, 0.5) is 0 Å². The summed E-state index contributed by atoms with van der Waals surface area (Å²) in [6.07, 6.45) is 3.32. The standard InChI is InChI=1S/C17H26N2O.ClH/c1-14(16-12-18-13-16)17(20)19(2)11-7-6-10-15-8-4-3-5-9-15;/h3-5,8-9,14,16,18H,6-7,10-13H2,1-2H3;1H. The van der Waals surface area contributed by atoms with Crippen LogP contribution in [0, 0.1) is 11.8 Å². The van der Waals surface area contributed by atoms with Gasteiger partial charge in [0, 0.05) is 19.5 Å². The number of nitrogens with one attached hydrogen (secondary N) is 1. The highest BCUT2D eigenvalue weighted by molar-refractivity contribution is 5.85. The quantitative estimate of drug-likeness (QED) is 0.785. The largest absolute Gasteiger partial charge is 0.346 e. The summed E-state index contributed by atoms with van der Waals surface area (Å²) >= 11 is 0. The van der Waals surface area contributed by atoms with Crippen molar-refractivity contribution in [3.63, 3.8) is 0 Å². The highest BCUT2D eigenvalue weighted by Crippen LogP contribution is 2.18. The molecule has 1 fully saturated rings. The Morgan fingerprint density at radius 1 is 1.29 bits per heavy atom. The Morgan fingerprint density at radius 3 is 2.52 bits per heavy atom. The maximum Gasteiger partial charge on any atom is 0.225 e. The molecule has 0 aliphatic carbocycles. The van der Waals surface area contributed by atoms with Gasteiger partial charge in [0.1, 0.15) is 0 Å². The van der Waals surface area contributed by atoms with E-state index in [2.05, 4.69) is 36.5 Å². The van der Waals surface area contributed by atoms with Crippen molar-refractivity contribution in [2.45, 2.75) is 26.2 Å². The lowest BCUT2D eigenvalue weighted by atomic mass is 9.88. The molecule has 0 spiro atoms. The molecule has 0 bridgehead atoms. The van der Waals surface area contributed by atoms with E-state index in [1.54, 1.807) is 0 Å². The van der Waals surface area contributed by atoms with Gasteiger partial charge in [-0.2, -0.15) is 0 Å². The molecule has 0 radical (unpaired) electrons. The molecule has 1 atom stereocenters. The maximum atomic E-state index is 12.2. The monoisotopic (exact) mass is 310 g/mol. The zero-order valence-corrected chi connectivity index (χ0v) is 13.9. The van der Waals surface area contributed by atoms with Crippen LogP contribution in [0.2, 0.25) is 0 Å². The van der Waals surface area contributed by atoms with Crippen LogP contribution in [0.15, 0.2) is 30.3 Å². The first-order valence-corrected chi connectivity index (χ1v) is 7.68. The number of carbonyl (C=O) groups is 1. The van der Waals surface area contributed by atoms with E-state index in [0.29, 0.717) is 11.8 Å². The lowest BCUT2D eigenvalue weighted by Gasteiger charge is -2.34. The van der Waals surface area contributed by atoms with E-state index in [1.165, 1.54) is 5.56 Å². The Morgan fingerprint density at radius 2 is 1.95 bits per heavy atom. The fourth-order valence-electron chi connectivity index (χ4n) is 2.65. The minimum absolute atomic E-state index is 0. The molecule has 1 unspecified atom stereocenters. The van der Waals surface area contributed by atoms with Gasteiger partial charge in [0.15, 0.2) is 0 Å². The second-order valence-electron chi connectivity index (χ2n) is 5.91. The number of rotatable bonds is 7. The van der Waals surface area contributed by atoms with E-state index >= 15 is 0 Å². The Hall–Kier alpha value is -1.06. The third kappa shape index (κ3) is 5.33. The smallest absolute Gasteiger partial charge is 0.225 e. The first-order valence-electron chi connectivity index (χ1n) is 7.68. The molecular weight excluding hydrogens is 284 g/mol. The SMILES string of the molecule is CC(C(=O)N(C)CCCCc1ccccc1)C1CNC1.Cl. The highest BCUT2D eigenvalue weighted by atomic mass is 35.5. The van der Waals surface area contributed by atoms with Crippen LogP contribution in [0.25, 0.3) is 0 Å². The summed E-state index contributed by atoms with van der Waals surface area (Å²) in [6.45, 7) is 4.92. The summed E-state index contributed by atoms with van der Waals surface area (Å²) in [4.78, 5) is 14.2. The van der Waals surface area contributed by atoms with Gasteiger partial charge in [0.05, 0.1) is 0 Å². The Bertz CT molecular complexity index is 420. The van der Waals surface area contributed by atoms with Crippen molar-refractivity contribution in [1.82, 2.24) is 10.2 Å². The fourth-order valence-corrected chi connectivity index (χ4v) is 2.65. The lowest BCUT2D eigenvalue weighted by molar-refractivity contribution is -0.136. The van der Waals surface area contributed by atoms with Gasteiger partial charge >= 0.3 is 0 Å². The van der Waals surface area contributed by atoms with Crippen LogP contribution < -0.4 is 5.32 Å². The Kier molecular flexibility index (Phi) is 7.76. The number of hydrogen-bond donors (Lipinski definition) is 1. The van der Waals surface area contributed by atoms with E-state index in [0.717, 1.165) is 38.9 Å². The van der Waals surface area contributed by atoms with Gasteiger partial charge in [-0.3, -0.25) is 4.79 Å². The van der Waals surface area contributed by atoms with E-state index in [9.17, 15) is 4.79 Å². The normalized spacial score (nSPS) is 15.7. The minimum Gasteiger partial charge on any atom is -0.346 e. The molecule has 21 heavy (non-hydrogen) atoms. The van der Waals surface area contributed by atoms with Crippen molar-refractivity contribution in [3.8, 4) is 0 Å². The van der Waals surface area contributed by atoms with Gasteiger partial charge in [-0.25, -0.2) is 0 Å². The number of benzene rings is 1. The van der Waals surface area contributed by atoms with Crippen molar-refractivity contribution in [1.29, 1.82) is 0 Å². The predicted molar refractivity (Wildman–Crippen MR) is 89.8 cm³/mol. The van der Waals surface area contributed by atoms with Gasteiger partial charge in [-0.05, 0) is 43.8 Å². The minimum atomic E-state index is 0. The summed E-state index contributed by atoms with van der Waals surface area (Å²) in [5, 5.41) is 3.24. The van der Waals surface area contributed by atoms with E-state index in [-0.39, 0.29) is 18.3 Å². The summed E-state index contributed by atoms with van der Waals surface area (Å²) < 4.78 is 0. The number of nitrogens with zero attached hydrogens (tertiary/aromatic N) is 1. The molecule has 1 saturated heterocycles. The van der Waals surface area contributed by atoms with Gasteiger partial charge in [0.25, 0.3) is 0 Å². The molecule has 1 amide bonds. The Balaban J connectivity index is 0.00000220. The van der Waals surface area contributed by atoms with Gasteiger partial charge < -0.3 is 10.2 Å². The summed E-state index contributed by atoms with van der Waals surface area (Å²) in [6, 6.07) is 10.5. The maximum absolute atomic E-state index is 12.2. The lowest BCUT2D eigenvalue weighted by Crippen LogP contribution is -2.50. The predicted octanol–water partition coefficient (Wildman–Crippen LogP) is 2.75. The summed E-state index contributed by atoms with van der Waals surface area (Å²) in [7, 11) is 1.94. The van der Waals surface area contributed by atoms with Gasteiger partial charge in [-0.1, -0.05) is 37.3 Å². The third-order valence-electron chi connectivity index (χ3n) is 4.34. The Labute approximate surface area is 134 Å². The molecule has 1 heterocycles. The molecular formula is C17H27ClN2O. The van der Waals surface area contributed by atoms with Crippen LogP contribution in [0.3, 0.4) is 0 Å². The van der Waals surface area contributed by atoms with E-state index in [1.807, 2.05) is 18.0 Å². The van der Waals surface area contributed by atoms with Crippen molar-refractivity contribution in [3.05, 3.63) is 35.9 Å². The summed E-state index contributed by atoms with van der Waals surface area (Å²) in [5.74, 6) is 1.00. The van der Waals surface area contributed by atoms with Crippen molar-refractivity contribution in [2.75, 3.05) is 26.7 Å². The second kappa shape index (κ2) is 9.06. The first kappa shape index (κ1) is 18.0. The molecule has 4 heteroatoms. The number of aryl methyl sites for hydroxylation is 1. The molecule has 3 nitrogen and oxygen atoms in total. The van der Waals surface area contributed by atoms with Crippen LogP contribution >= 0.6 is 12.4 Å². The molecule has 118 valence electrons. The van der Waals surface area contributed by atoms with E-state index < -0.39 is 0 Å². The van der Waals surface area contributed by atoms with Crippen molar-refractivity contribution in [2.24, 2.45) is 11.8 Å². The van der Waals surface area contributed by atoms with Gasteiger partial charge in [-0.15, -0.1) is 12.4 Å². The average Bonchev–Trinajstić information content (AvgIpc) is 2.41. The third-order valence-corrected chi connectivity index (χ3v) is 4.34. The first-order chi connectivity index (χ1) is 9.68. The zero-order valence-electron chi connectivity index (χ0n) is 13.0. The van der Waals surface area contributed by atoms with Crippen LogP contribution in [0.1, 0.15) is 25.3 Å². The molecule has 2 rings (SSSR count). The molecule has 1 aromatic rings. The highest BCUT2D eigenvalue weighted by Gasteiger charge is 2.30. The number of halogens is 1. The molecule has 1 aromatic carbocycles. The average molecular weight is 311 g/mol. The van der Waals surface area contributed by atoms with Crippen molar-refractivity contribution < 1.29 is 4.79 Å². The van der Waals surface area contributed by atoms with Crippen LogP contribution in [0.5, 0.6) is 0 Å². The van der Waals surface area contributed by atoms with E-state index in [4.69, 9.17) is 0 Å². The molecule has 1 N–H and O–H groups in total. The second-order valence-corrected chi connectivity index (χ2v) is 5.91. The molecule has 0 aromatic heterocycles. The van der Waals surface area contributed by atoms with Crippen molar-refractivity contribution >= 4 is 18.3 Å². The van der Waals surface area contributed by atoms with Crippen LogP contribution in [-0.4, -0.2) is 37.5 Å². The molecule has 0 saturated carbocycles. The van der Waals surface area contributed by atoms with Crippen LogP contribution in [-0.2, 0) is 11.2 Å². The fraction of sp³-hybridized carbons (Fsp3) is 0.588. The number of unbranched alkanes of at least 4 members (excludes halogenated alkanes) is 1. The number of carbonyl (C=O) groups excluding carboxylic acids is 1. The number of amides is 1.